The number of ether oxygens (including phenoxy) is 2. The van der Waals surface area contributed by atoms with Crippen LogP contribution in [0.3, 0.4) is 0 Å². The number of hydrogen-bond acceptors (Lipinski definition) is 5. The number of nitrogens with one attached hydrogen (secondary N) is 2. The summed E-state index contributed by atoms with van der Waals surface area (Å²) in [6, 6.07) is 11.2. The van der Waals surface area contributed by atoms with Gasteiger partial charge < -0.3 is 14.8 Å². The van der Waals surface area contributed by atoms with Crippen LogP contribution in [0.5, 0.6) is 5.75 Å². The summed E-state index contributed by atoms with van der Waals surface area (Å²) in [6.45, 7) is 8.02. The van der Waals surface area contributed by atoms with Gasteiger partial charge in [0.1, 0.15) is 17.2 Å². The zero-order valence-corrected chi connectivity index (χ0v) is 14.4. The molecule has 6 heteroatoms. The van der Waals surface area contributed by atoms with Gasteiger partial charge in [0.25, 0.3) is 0 Å². The van der Waals surface area contributed by atoms with Crippen molar-refractivity contribution in [3.63, 3.8) is 0 Å². The molecule has 1 amide bonds. The van der Waals surface area contributed by atoms with Crippen LogP contribution in [0.4, 0.5) is 22.0 Å². The zero-order chi connectivity index (χ0) is 17.6. The lowest BCUT2D eigenvalue weighted by Crippen LogP contribution is -2.27. The summed E-state index contributed by atoms with van der Waals surface area (Å²) in [5.74, 6) is 1.26. The molecule has 0 bridgehead atoms. The minimum Gasteiger partial charge on any atom is -0.494 e. The van der Waals surface area contributed by atoms with E-state index < -0.39 is 11.7 Å². The Labute approximate surface area is 142 Å². The minimum atomic E-state index is -0.542. The smallest absolute Gasteiger partial charge is 0.413 e. The number of hydrogen-bond donors (Lipinski definition) is 2. The van der Waals surface area contributed by atoms with E-state index in [1.54, 1.807) is 12.3 Å². The minimum absolute atomic E-state index is 0.432. The van der Waals surface area contributed by atoms with Gasteiger partial charge in [0.2, 0.25) is 0 Å². The summed E-state index contributed by atoms with van der Waals surface area (Å²) < 4.78 is 10.6. The van der Waals surface area contributed by atoms with E-state index in [9.17, 15) is 4.79 Å². The molecule has 6 nitrogen and oxygen atoms in total. The van der Waals surface area contributed by atoms with Gasteiger partial charge in [0.15, 0.2) is 0 Å². The second-order valence-corrected chi connectivity index (χ2v) is 6.14. The molecule has 0 unspecified atom stereocenters. The average molecular weight is 329 g/mol. The number of rotatable bonds is 5. The van der Waals surface area contributed by atoms with Crippen molar-refractivity contribution in [1.82, 2.24) is 4.98 Å². The van der Waals surface area contributed by atoms with E-state index in [0.29, 0.717) is 12.4 Å². The highest BCUT2D eigenvalue weighted by Crippen LogP contribution is 2.20. The van der Waals surface area contributed by atoms with E-state index in [0.717, 1.165) is 17.1 Å². The molecule has 0 atom stereocenters. The average Bonchev–Trinajstić information content (AvgIpc) is 2.49. The molecule has 0 spiro atoms. The fraction of sp³-hybridized carbons (Fsp3) is 0.333. The van der Waals surface area contributed by atoms with Gasteiger partial charge in [-0.25, -0.2) is 9.78 Å². The van der Waals surface area contributed by atoms with E-state index in [-0.39, 0.29) is 0 Å². The molecule has 0 aliphatic carbocycles. The van der Waals surface area contributed by atoms with Crippen molar-refractivity contribution < 1.29 is 14.3 Å². The highest BCUT2D eigenvalue weighted by Gasteiger charge is 2.16. The number of anilines is 3. The fourth-order valence-electron chi connectivity index (χ4n) is 1.92. The molecule has 2 rings (SSSR count). The second-order valence-electron chi connectivity index (χ2n) is 6.14. The van der Waals surface area contributed by atoms with Crippen molar-refractivity contribution in [3.8, 4) is 5.75 Å². The second kappa shape index (κ2) is 7.68. The Kier molecular flexibility index (Phi) is 5.63. The van der Waals surface area contributed by atoms with Gasteiger partial charge in [-0.05, 0) is 64.1 Å². The van der Waals surface area contributed by atoms with Crippen molar-refractivity contribution in [2.75, 3.05) is 17.2 Å². The monoisotopic (exact) mass is 329 g/mol. The largest absolute Gasteiger partial charge is 0.494 e. The van der Waals surface area contributed by atoms with Gasteiger partial charge in [-0.2, -0.15) is 0 Å². The lowest BCUT2D eigenvalue weighted by atomic mass is 10.2. The van der Waals surface area contributed by atoms with Crippen molar-refractivity contribution in [3.05, 3.63) is 42.6 Å². The van der Waals surface area contributed by atoms with Gasteiger partial charge in [-0.15, -0.1) is 0 Å². The highest BCUT2D eigenvalue weighted by molar-refractivity contribution is 5.83. The number of benzene rings is 1. The van der Waals surface area contributed by atoms with Crippen LogP contribution in [-0.4, -0.2) is 23.3 Å². The molecule has 1 heterocycles. The Bertz CT molecular complexity index is 661. The molecule has 0 aliphatic rings. The summed E-state index contributed by atoms with van der Waals surface area (Å²) in [6.07, 6.45) is 1.12. The fourth-order valence-corrected chi connectivity index (χ4v) is 1.92. The van der Waals surface area contributed by atoms with E-state index in [1.165, 1.54) is 0 Å². The lowest BCUT2D eigenvalue weighted by Gasteiger charge is -2.19. The van der Waals surface area contributed by atoms with Crippen LogP contribution < -0.4 is 15.4 Å². The van der Waals surface area contributed by atoms with Crippen LogP contribution in [0.15, 0.2) is 42.6 Å². The zero-order valence-electron chi connectivity index (χ0n) is 14.4. The first-order chi connectivity index (χ1) is 11.4. The van der Waals surface area contributed by atoms with E-state index >= 15 is 0 Å². The molecule has 1 aromatic heterocycles. The molecular weight excluding hydrogens is 306 g/mol. The highest BCUT2D eigenvalue weighted by atomic mass is 16.6. The van der Waals surface area contributed by atoms with Gasteiger partial charge >= 0.3 is 6.09 Å². The predicted octanol–water partition coefficient (Wildman–Crippen LogP) is 4.57. The van der Waals surface area contributed by atoms with Crippen LogP contribution in [0.2, 0.25) is 0 Å². The molecule has 128 valence electrons. The van der Waals surface area contributed by atoms with Gasteiger partial charge in [0, 0.05) is 5.69 Å². The maximum absolute atomic E-state index is 11.7. The van der Waals surface area contributed by atoms with Crippen molar-refractivity contribution >= 4 is 23.3 Å². The topological polar surface area (TPSA) is 72.5 Å². The molecule has 0 saturated carbocycles. The third-order valence-electron chi connectivity index (χ3n) is 2.85. The van der Waals surface area contributed by atoms with Crippen LogP contribution >= 0.6 is 0 Å². The number of carbonyl (C=O) groups is 1. The first-order valence-electron chi connectivity index (χ1n) is 7.81. The maximum atomic E-state index is 11.7. The summed E-state index contributed by atoms with van der Waals surface area (Å²) in [5, 5.41) is 5.82. The van der Waals surface area contributed by atoms with Crippen molar-refractivity contribution in [1.29, 1.82) is 0 Å². The van der Waals surface area contributed by atoms with Crippen LogP contribution in [0.25, 0.3) is 0 Å². The summed E-state index contributed by atoms with van der Waals surface area (Å²) in [5.41, 5.74) is 1.20. The van der Waals surface area contributed by atoms with Gasteiger partial charge in [-0.3, -0.25) is 5.32 Å². The molecule has 2 aromatic rings. The Morgan fingerprint density at radius 3 is 2.29 bits per heavy atom. The third kappa shape index (κ3) is 5.79. The molecule has 0 saturated heterocycles. The molecule has 1 aromatic carbocycles. The summed E-state index contributed by atoms with van der Waals surface area (Å²) in [4.78, 5) is 15.9. The number of aromatic nitrogens is 1. The summed E-state index contributed by atoms with van der Waals surface area (Å²) >= 11 is 0. The van der Waals surface area contributed by atoms with E-state index in [2.05, 4.69) is 15.6 Å². The maximum Gasteiger partial charge on any atom is 0.413 e. The van der Waals surface area contributed by atoms with Crippen LogP contribution in [0.1, 0.15) is 27.7 Å². The van der Waals surface area contributed by atoms with Gasteiger partial charge in [0.05, 0.1) is 18.5 Å². The third-order valence-corrected chi connectivity index (χ3v) is 2.85. The first-order valence-corrected chi connectivity index (χ1v) is 7.81. The van der Waals surface area contributed by atoms with Crippen molar-refractivity contribution in [2.45, 2.75) is 33.3 Å². The molecule has 2 N–H and O–H groups in total. The molecule has 24 heavy (non-hydrogen) atoms. The molecule has 0 aliphatic heterocycles. The summed E-state index contributed by atoms with van der Waals surface area (Å²) in [7, 11) is 0. The Morgan fingerprint density at radius 2 is 1.75 bits per heavy atom. The van der Waals surface area contributed by atoms with E-state index in [1.807, 2.05) is 58.0 Å². The Hall–Kier alpha value is -2.76. The lowest BCUT2D eigenvalue weighted by molar-refractivity contribution is 0.0635. The van der Waals surface area contributed by atoms with Crippen LogP contribution in [-0.2, 0) is 4.74 Å². The predicted molar refractivity (Wildman–Crippen MR) is 95.0 cm³/mol. The number of amides is 1. The Balaban J connectivity index is 1.93. The SMILES string of the molecule is CCOc1ccc(Nc2ccc(NC(=O)OC(C)(C)C)nc2)cc1. The number of nitrogens with zero attached hydrogens (tertiary/aromatic N) is 1. The van der Waals surface area contributed by atoms with E-state index in [4.69, 9.17) is 9.47 Å². The van der Waals surface area contributed by atoms with Crippen LogP contribution in [0, 0.1) is 0 Å². The number of pyridine rings is 1. The van der Waals surface area contributed by atoms with Gasteiger partial charge in [-0.1, -0.05) is 0 Å². The van der Waals surface area contributed by atoms with Crippen molar-refractivity contribution in [2.24, 2.45) is 0 Å². The quantitative estimate of drug-likeness (QED) is 0.840. The normalized spacial score (nSPS) is 10.8. The number of carbonyl (C=O) groups excluding carboxylic acids is 1. The first kappa shape index (κ1) is 17.6. The molecule has 0 radical (unpaired) electrons. The Morgan fingerprint density at radius 1 is 1.08 bits per heavy atom. The molecular formula is C18H23N3O3. The molecule has 0 fully saturated rings. The standard InChI is InChI=1S/C18H23N3O3/c1-5-23-15-9-6-13(7-10-15)20-14-8-11-16(19-12-14)21-17(22)24-18(2,3)4/h6-12,20H,5H2,1-4H3,(H,19,21,22).